The molecule has 0 spiro atoms. The standard InChI is InChI=1S/C24H41NO4/c1-3-5-7-9-11-13-15-28-23(26)17-21-19-25-20-22(21)18-24(27)29-16-14-12-10-8-6-4-2/h19-20,25H,3-18H2,1-2H3. The summed E-state index contributed by atoms with van der Waals surface area (Å²) in [6, 6.07) is 0. The summed E-state index contributed by atoms with van der Waals surface area (Å²) < 4.78 is 10.7. The predicted molar refractivity (Wildman–Crippen MR) is 117 cm³/mol. The monoisotopic (exact) mass is 407 g/mol. The van der Waals surface area contributed by atoms with Gasteiger partial charge in [-0.2, -0.15) is 0 Å². The highest BCUT2D eigenvalue weighted by Gasteiger charge is 2.14. The lowest BCUT2D eigenvalue weighted by Gasteiger charge is -2.07. The van der Waals surface area contributed by atoms with Gasteiger partial charge in [0.15, 0.2) is 0 Å². The Kier molecular flexibility index (Phi) is 14.9. The highest BCUT2D eigenvalue weighted by atomic mass is 16.5. The van der Waals surface area contributed by atoms with Crippen molar-refractivity contribution in [2.75, 3.05) is 13.2 Å². The quantitative estimate of drug-likeness (QED) is 0.243. The van der Waals surface area contributed by atoms with Gasteiger partial charge in [-0.1, -0.05) is 78.1 Å². The molecule has 0 bridgehead atoms. The van der Waals surface area contributed by atoms with Crippen molar-refractivity contribution in [3.05, 3.63) is 23.5 Å². The van der Waals surface area contributed by atoms with Gasteiger partial charge >= 0.3 is 11.9 Å². The van der Waals surface area contributed by atoms with E-state index >= 15 is 0 Å². The Morgan fingerprint density at radius 2 is 1.03 bits per heavy atom. The Bertz CT molecular complexity index is 506. The highest BCUT2D eigenvalue weighted by Crippen LogP contribution is 2.12. The number of carbonyl (C=O) groups excluding carboxylic acids is 2. The summed E-state index contributed by atoms with van der Waals surface area (Å²) in [5, 5.41) is 0. The zero-order valence-electron chi connectivity index (χ0n) is 18.6. The van der Waals surface area contributed by atoms with Crippen LogP contribution >= 0.6 is 0 Å². The molecule has 0 saturated heterocycles. The van der Waals surface area contributed by atoms with E-state index in [-0.39, 0.29) is 24.8 Å². The summed E-state index contributed by atoms with van der Waals surface area (Å²) in [4.78, 5) is 27.1. The highest BCUT2D eigenvalue weighted by molar-refractivity contribution is 5.76. The third kappa shape index (κ3) is 13.1. The third-order valence-electron chi connectivity index (χ3n) is 5.12. The van der Waals surface area contributed by atoms with E-state index in [0.29, 0.717) is 13.2 Å². The van der Waals surface area contributed by atoms with Gasteiger partial charge < -0.3 is 14.5 Å². The largest absolute Gasteiger partial charge is 0.465 e. The maximum Gasteiger partial charge on any atom is 0.310 e. The van der Waals surface area contributed by atoms with E-state index in [4.69, 9.17) is 9.47 Å². The second kappa shape index (κ2) is 17.1. The Morgan fingerprint density at radius 3 is 1.45 bits per heavy atom. The average molecular weight is 408 g/mol. The van der Waals surface area contributed by atoms with E-state index in [0.717, 1.165) is 36.8 Å². The maximum absolute atomic E-state index is 12.1. The first-order valence-electron chi connectivity index (χ1n) is 11.6. The van der Waals surface area contributed by atoms with Gasteiger partial charge in [0.25, 0.3) is 0 Å². The molecule has 0 saturated carbocycles. The Hall–Kier alpha value is -1.78. The number of H-pyrrole nitrogens is 1. The average Bonchev–Trinajstić information content (AvgIpc) is 3.13. The van der Waals surface area contributed by atoms with Crippen molar-refractivity contribution < 1.29 is 19.1 Å². The van der Waals surface area contributed by atoms with Crippen molar-refractivity contribution in [3.8, 4) is 0 Å². The molecule has 1 aromatic heterocycles. The van der Waals surface area contributed by atoms with Crippen molar-refractivity contribution in [1.29, 1.82) is 0 Å². The summed E-state index contributed by atoms with van der Waals surface area (Å²) in [7, 11) is 0. The Morgan fingerprint density at radius 1 is 0.655 bits per heavy atom. The van der Waals surface area contributed by atoms with Crippen LogP contribution in [0.4, 0.5) is 0 Å². The fraction of sp³-hybridized carbons (Fsp3) is 0.750. The first kappa shape index (κ1) is 25.3. The smallest absolute Gasteiger partial charge is 0.310 e. The number of carbonyl (C=O) groups is 2. The van der Waals surface area contributed by atoms with E-state index in [9.17, 15) is 9.59 Å². The molecule has 1 N–H and O–H groups in total. The Balaban J connectivity index is 2.17. The first-order valence-corrected chi connectivity index (χ1v) is 11.6. The van der Waals surface area contributed by atoms with Gasteiger partial charge in [0, 0.05) is 12.4 Å². The van der Waals surface area contributed by atoms with Gasteiger partial charge in [-0.3, -0.25) is 9.59 Å². The molecular weight excluding hydrogens is 366 g/mol. The summed E-state index contributed by atoms with van der Waals surface area (Å²) in [5.41, 5.74) is 1.63. The lowest BCUT2D eigenvalue weighted by molar-refractivity contribution is -0.144. The fourth-order valence-corrected chi connectivity index (χ4v) is 3.31. The molecule has 0 fully saturated rings. The van der Waals surface area contributed by atoms with E-state index in [1.807, 2.05) is 0 Å². The number of aromatic amines is 1. The van der Waals surface area contributed by atoms with Crippen LogP contribution in [0.1, 0.15) is 102 Å². The van der Waals surface area contributed by atoms with Crippen LogP contribution < -0.4 is 0 Å². The number of esters is 2. The summed E-state index contributed by atoms with van der Waals surface area (Å²) in [6.07, 6.45) is 17.9. The molecule has 0 radical (unpaired) electrons. The number of nitrogens with one attached hydrogen (secondary N) is 1. The second-order valence-corrected chi connectivity index (χ2v) is 7.84. The van der Waals surface area contributed by atoms with Crippen molar-refractivity contribution >= 4 is 11.9 Å². The molecule has 0 aliphatic heterocycles. The van der Waals surface area contributed by atoms with Crippen molar-refractivity contribution in [1.82, 2.24) is 4.98 Å². The molecule has 0 aliphatic rings. The molecule has 166 valence electrons. The lowest BCUT2D eigenvalue weighted by Crippen LogP contribution is -2.13. The molecule has 0 aliphatic carbocycles. The topological polar surface area (TPSA) is 68.4 Å². The maximum atomic E-state index is 12.1. The van der Waals surface area contributed by atoms with E-state index in [1.165, 1.54) is 51.4 Å². The van der Waals surface area contributed by atoms with Crippen LogP contribution in [0.15, 0.2) is 12.4 Å². The van der Waals surface area contributed by atoms with Gasteiger partial charge in [0.05, 0.1) is 26.1 Å². The molecule has 0 atom stereocenters. The minimum Gasteiger partial charge on any atom is -0.465 e. The molecule has 29 heavy (non-hydrogen) atoms. The van der Waals surface area contributed by atoms with Crippen LogP contribution in [0.2, 0.25) is 0 Å². The molecular formula is C24H41NO4. The molecule has 0 aromatic carbocycles. The molecule has 5 nitrogen and oxygen atoms in total. The van der Waals surface area contributed by atoms with Gasteiger partial charge in [-0.05, 0) is 24.0 Å². The van der Waals surface area contributed by atoms with Gasteiger partial charge in [0.2, 0.25) is 0 Å². The molecule has 1 aromatic rings. The number of hydrogen-bond acceptors (Lipinski definition) is 4. The number of rotatable bonds is 18. The van der Waals surface area contributed by atoms with Gasteiger partial charge in [0.1, 0.15) is 0 Å². The van der Waals surface area contributed by atoms with Crippen molar-refractivity contribution in [2.24, 2.45) is 0 Å². The van der Waals surface area contributed by atoms with E-state index < -0.39 is 0 Å². The normalized spacial score (nSPS) is 10.8. The van der Waals surface area contributed by atoms with Crippen LogP contribution in [0.25, 0.3) is 0 Å². The van der Waals surface area contributed by atoms with Crippen LogP contribution in [0.5, 0.6) is 0 Å². The third-order valence-corrected chi connectivity index (χ3v) is 5.12. The molecule has 0 unspecified atom stereocenters. The van der Waals surface area contributed by atoms with Crippen LogP contribution in [0, 0.1) is 0 Å². The number of ether oxygens (including phenoxy) is 2. The second-order valence-electron chi connectivity index (χ2n) is 7.84. The first-order chi connectivity index (χ1) is 14.2. The molecule has 1 heterocycles. The van der Waals surface area contributed by atoms with Crippen molar-refractivity contribution in [2.45, 2.75) is 104 Å². The molecule has 5 heteroatoms. The zero-order valence-corrected chi connectivity index (χ0v) is 18.6. The number of aromatic nitrogens is 1. The van der Waals surface area contributed by atoms with Crippen LogP contribution in [-0.2, 0) is 31.9 Å². The summed E-state index contributed by atoms with van der Waals surface area (Å²) in [6.45, 7) is 5.36. The SMILES string of the molecule is CCCCCCCCOC(=O)Cc1c[nH]cc1CC(=O)OCCCCCCCC. The lowest BCUT2D eigenvalue weighted by atomic mass is 10.1. The van der Waals surface area contributed by atoms with E-state index in [2.05, 4.69) is 18.8 Å². The molecule has 1 rings (SSSR count). The summed E-state index contributed by atoms with van der Waals surface area (Å²) >= 11 is 0. The van der Waals surface area contributed by atoms with Gasteiger partial charge in [-0.25, -0.2) is 0 Å². The molecule has 0 amide bonds. The van der Waals surface area contributed by atoms with E-state index in [1.54, 1.807) is 12.4 Å². The van der Waals surface area contributed by atoms with Crippen molar-refractivity contribution in [3.63, 3.8) is 0 Å². The number of hydrogen-bond donors (Lipinski definition) is 1. The van der Waals surface area contributed by atoms with Gasteiger partial charge in [-0.15, -0.1) is 0 Å². The summed E-state index contributed by atoms with van der Waals surface area (Å²) in [5.74, 6) is -0.472. The van der Waals surface area contributed by atoms with Crippen LogP contribution in [-0.4, -0.2) is 30.1 Å². The van der Waals surface area contributed by atoms with Crippen LogP contribution in [0.3, 0.4) is 0 Å². The zero-order chi connectivity index (χ0) is 21.2. The Labute approximate surface area is 176 Å². The minimum atomic E-state index is -0.236. The minimum absolute atomic E-state index is 0.194. The predicted octanol–water partition coefficient (Wildman–Crippen LogP) is 5.91. The fourth-order valence-electron chi connectivity index (χ4n) is 3.31. The number of unbranched alkanes of at least 4 members (excludes halogenated alkanes) is 10.